The van der Waals surface area contributed by atoms with Gasteiger partial charge in [-0.3, -0.25) is 19.3 Å². The number of nitrogens with one attached hydrogen (secondary N) is 1. The Hall–Kier alpha value is -6.15. The third-order valence-corrected chi connectivity index (χ3v) is 12.2. The van der Waals surface area contributed by atoms with Gasteiger partial charge in [-0.1, -0.05) is 36.4 Å². The van der Waals surface area contributed by atoms with Gasteiger partial charge in [0.15, 0.2) is 11.5 Å². The number of fused-ring (bicyclic) bond motifs is 3. The lowest BCUT2D eigenvalue weighted by Crippen LogP contribution is -2.52. The lowest BCUT2D eigenvalue weighted by Gasteiger charge is -2.40. The van der Waals surface area contributed by atoms with Gasteiger partial charge in [-0.15, -0.1) is 0 Å². The molecule has 13 nitrogen and oxygen atoms in total. The molecule has 0 radical (unpaired) electrons. The van der Waals surface area contributed by atoms with E-state index in [1.807, 2.05) is 41.3 Å². The van der Waals surface area contributed by atoms with E-state index < -0.39 is 0 Å². The van der Waals surface area contributed by atoms with Crippen LogP contribution in [-0.2, 0) is 41.9 Å². The Labute approximate surface area is 355 Å². The van der Waals surface area contributed by atoms with Crippen molar-refractivity contribution in [3.63, 3.8) is 0 Å². The van der Waals surface area contributed by atoms with Gasteiger partial charge in [0.1, 0.15) is 5.75 Å². The van der Waals surface area contributed by atoms with Gasteiger partial charge in [-0.05, 0) is 97.0 Å². The number of phenols is 1. The van der Waals surface area contributed by atoms with Crippen molar-refractivity contribution in [3.8, 4) is 28.5 Å². The number of carbonyl (C=O) groups is 3. The van der Waals surface area contributed by atoms with E-state index in [9.17, 15) is 9.90 Å². The van der Waals surface area contributed by atoms with Crippen LogP contribution in [-0.4, -0.2) is 103 Å². The molecule has 61 heavy (non-hydrogen) atoms. The van der Waals surface area contributed by atoms with Gasteiger partial charge in [0, 0.05) is 80.6 Å². The second-order valence-corrected chi connectivity index (χ2v) is 16.1. The SMILES string of the molecule is COCCNC(=O)c1ccc(CN(C(=O)c2cc(-c3cc4c(cc3C(=O)N3Cc5ccccc5CC3CN3CCOCC3)OCO4)n3c2CCCC3)c2ccc(O)cc2)cc1. The summed E-state index contributed by atoms with van der Waals surface area (Å²) in [5, 5.41) is 13.0. The number of aromatic nitrogens is 1. The fraction of sp³-hybridized carbons (Fsp3) is 0.354. The molecule has 1 fully saturated rings. The zero-order valence-corrected chi connectivity index (χ0v) is 34.4. The van der Waals surface area contributed by atoms with Crippen molar-refractivity contribution in [1.82, 2.24) is 19.7 Å². The normalized spacial score (nSPS) is 17.1. The minimum atomic E-state index is -0.212. The molecule has 4 aliphatic rings. The Balaban J connectivity index is 1.09. The second kappa shape index (κ2) is 17.8. The lowest BCUT2D eigenvalue weighted by molar-refractivity contribution is 0.0193. The van der Waals surface area contributed by atoms with Gasteiger partial charge in [-0.25, -0.2) is 0 Å². The molecule has 9 rings (SSSR count). The zero-order valence-electron chi connectivity index (χ0n) is 34.4. The van der Waals surface area contributed by atoms with Crippen molar-refractivity contribution >= 4 is 23.4 Å². The minimum Gasteiger partial charge on any atom is -0.508 e. The van der Waals surface area contributed by atoms with Gasteiger partial charge >= 0.3 is 0 Å². The Morgan fingerprint density at radius 1 is 0.869 bits per heavy atom. The largest absolute Gasteiger partial charge is 0.508 e. The summed E-state index contributed by atoms with van der Waals surface area (Å²) in [6.45, 7) is 5.97. The van der Waals surface area contributed by atoms with Crippen LogP contribution in [0.3, 0.4) is 0 Å². The van der Waals surface area contributed by atoms with Crippen LogP contribution >= 0.6 is 0 Å². The first kappa shape index (κ1) is 40.3. The number of anilines is 1. The van der Waals surface area contributed by atoms with E-state index in [1.54, 1.807) is 48.4 Å². The highest BCUT2D eigenvalue weighted by Gasteiger charge is 2.36. The molecule has 1 aromatic heterocycles. The number of nitrogens with zero attached hydrogens (tertiary/aromatic N) is 4. The van der Waals surface area contributed by atoms with Crippen LogP contribution < -0.4 is 19.7 Å². The third-order valence-electron chi connectivity index (χ3n) is 12.2. The summed E-state index contributed by atoms with van der Waals surface area (Å²) in [7, 11) is 1.58. The van der Waals surface area contributed by atoms with Crippen molar-refractivity contribution in [2.45, 2.75) is 51.4 Å². The van der Waals surface area contributed by atoms with Crippen molar-refractivity contribution in [2.75, 3.05) is 64.8 Å². The van der Waals surface area contributed by atoms with Crippen LogP contribution in [0.4, 0.5) is 5.69 Å². The smallest absolute Gasteiger partial charge is 0.260 e. The molecular formula is C48H51N5O8. The molecule has 1 saturated heterocycles. The molecule has 2 N–H and O–H groups in total. The van der Waals surface area contributed by atoms with Gasteiger partial charge in [0.25, 0.3) is 17.7 Å². The maximum Gasteiger partial charge on any atom is 0.260 e. The van der Waals surface area contributed by atoms with Crippen molar-refractivity contribution in [1.29, 1.82) is 0 Å². The predicted molar refractivity (Wildman–Crippen MR) is 229 cm³/mol. The highest BCUT2D eigenvalue weighted by Crippen LogP contribution is 2.42. The molecule has 5 heterocycles. The highest BCUT2D eigenvalue weighted by molar-refractivity contribution is 6.09. The molecule has 316 valence electrons. The molecule has 1 unspecified atom stereocenters. The number of aromatic hydroxyl groups is 1. The molecule has 13 heteroatoms. The lowest BCUT2D eigenvalue weighted by atomic mass is 9.92. The monoisotopic (exact) mass is 825 g/mol. The molecule has 3 amide bonds. The molecule has 4 aromatic carbocycles. The second-order valence-electron chi connectivity index (χ2n) is 16.1. The number of hydrogen-bond donors (Lipinski definition) is 2. The Bertz CT molecular complexity index is 2410. The van der Waals surface area contributed by atoms with Crippen molar-refractivity contribution in [3.05, 3.63) is 130 Å². The van der Waals surface area contributed by atoms with E-state index in [4.69, 9.17) is 18.9 Å². The maximum atomic E-state index is 15.3. The van der Waals surface area contributed by atoms with Crippen LogP contribution in [0.1, 0.15) is 66.3 Å². The van der Waals surface area contributed by atoms with E-state index in [1.165, 1.54) is 5.56 Å². The van der Waals surface area contributed by atoms with E-state index in [-0.39, 0.29) is 42.9 Å². The Kier molecular flexibility index (Phi) is 11.8. The number of methoxy groups -OCH3 is 1. The van der Waals surface area contributed by atoms with Crippen LogP contribution in [0.25, 0.3) is 11.3 Å². The van der Waals surface area contributed by atoms with Crippen LogP contribution in [0.2, 0.25) is 0 Å². The number of carbonyl (C=O) groups excluding carboxylic acids is 3. The summed E-state index contributed by atoms with van der Waals surface area (Å²) in [5.74, 6) is 0.654. The summed E-state index contributed by atoms with van der Waals surface area (Å²) in [5.41, 5.74) is 7.75. The first-order valence-electron chi connectivity index (χ1n) is 21.2. The van der Waals surface area contributed by atoms with E-state index in [2.05, 4.69) is 33.0 Å². The summed E-state index contributed by atoms with van der Waals surface area (Å²) in [6, 6.07) is 27.8. The molecule has 4 aliphatic heterocycles. The summed E-state index contributed by atoms with van der Waals surface area (Å²) in [6.07, 6.45) is 3.28. The molecule has 0 saturated carbocycles. The maximum absolute atomic E-state index is 15.3. The van der Waals surface area contributed by atoms with Gasteiger partial charge in [-0.2, -0.15) is 0 Å². The molecule has 0 spiro atoms. The minimum absolute atomic E-state index is 0.0558. The fourth-order valence-corrected chi connectivity index (χ4v) is 9.01. The number of amides is 3. The Morgan fingerprint density at radius 3 is 2.39 bits per heavy atom. The number of rotatable bonds is 12. The van der Waals surface area contributed by atoms with Crippen LogP contribution in [0, 0.1) is 0 Å². The first-order valence-corrected chi connectivity index (χ1v) is 21.2. The van der Waals surface area contributed by atoms with Crippen molar-refractivity contribution < 1.29 is 38.4 Å². The van der Waals surface area contributed by atoms with Crippen LogP contribution in [0.15, 0.2) is 91.0 Å². The van der Waals surface area contributed by atoms with Gasteiger partial charge < -0.3 is 43.7 Å². The predicted octanol–water partition coefficient (Wildman–Crippen LogP) is 6.05. The summed E-state index contributed by atoms with van der Waals surface area (Å²) in [4.78, 5) is 49.2. The molecular weight excluding hydrogens is 775 g/mol. The average Bonchev–Trinajstić information content (AvgIpc) is 3.93. The number of ether oxygens (including phenoxy) is 4. The van der Waals surface area contributed by atoms with Gasteiger partial charge in [0.05, 0.1) is 37.5 Å². The van der Waals surface area contributed by atoms with E-state index in [0.29, 0.717) is 85.3 Å². The standard InChI is InChI=1S/C48H51N5O8/c1-58-21-17-49-46(55)33-11-9-32(10-12-33)28-52(36-13-15-38(54)16-14-36)48(57)41-25-43(51-18-5-4-8-42(41)51)39-26-44-45(61-31-60-44)27-40(39)47(56)53-29-35-7-3-2-6-34(35)24-37(53)30-50-19-22-59-23-20-50/h2-3,6-7,9-16,25-27,37,54H,4-5,8,17-24,28-31H2,1H3,(H,49,55). The van der Waals surface area contributed by atoms with Crippen molar-refractivity contribution in [2.24, 2.45) is 0 Å². The summed E-state index contributed by atoms with van der Waals surface area (Å²) < 4.78 is 24.7. The topological polar surface area (TPSA) is 135 Å². The summed E-state index contributed by atoms with van der Waals surface area (Å²) >= 11 is 0. The van der Waals surface area contributed by atoms with E-state index >= 15 is 9.59 Å². The molecule has 0 aliphatic carbocycles. The number of hydrogen-bond acceptors (Lipinski definition) is 9. The average molecular weight is 826 g/mol. The van der Waals surface area contributed by atoms with E-state index in [0.717, 1.165) is 61.4 Å². The zero-order chi connectivity index (χ0) is 41.9. The van der Waals surface area contributed by atoms with Crippen LogP contribution in [0.5, 0.6) is 17.2 Å². The molecule has 5 aromatic rings. The molecule has 1 atom stereocenters. The first-order chi connectivity index (χ1) is 29.8. The van der Waals surface area contributed by atoms with Gasteiger partial charge in [0.2, 0.25) is 6.79 Å². The highest BCUT2D eigenvalue weighted by atomic mass is 16.7. The third kappa shape index (κ3) is 8.46. The quantitative estimate of drug-likeness (QED) is 0.144. The Morgan fingerprint density at radius 2 is 1.62 bits per heavy atom. The number of phenolic OH excluding ortho intramolecular Hbond substituents is 1. The fourth-order valence-electron chi connectivity index (χ4n) is 9.01. The number of benzene rings is 4. The number of morpholine rings is 1. The molecule has 0 bridgehead atoms.